The first kappa shape index (κ1) is 11.4. The number of phenolic OH excluding ortho intramolecular Hbond substituents is 1. The van der Waals surface area contributed by atoms with Crippen LogP contribution in [-0.4, -0.2) is 27.6 Å². The number of nitrogens with zero attached hydrogens (tertiary/aromatic N) is 2. The predicted molar refractivity (Wildman–Crippen MR) is 62.3 cm³/mol. The summed E-state index contributed by atoms with van der Waals surface area (Å²) in [7, 11) is 0. The molecule has 0 aromatic heterocycles. The lowest BCUT2D eigenvalue weighted by Gasteiger charge is -2.25. The van der Waals surface area contributed by atoms with Crippen LogP contribution in [0.15, 0.2) is 29.4 Å². The summed E-state index contributed by atoms with van der Waals surface area (Å²) in [4.78, 5) is 11.4. The van der Waals surface area contributed by atoms with Crippen molar-refractivity contribution in [1.82, 2.24) is 5.01 Å². The Balaban J connectivity index is 2.33. The first-order valence-electron chi connectivity index (χ1n) is 5.28. The normalized spacial score (nSPS) is 17.6. The van der Waals surface area contributed by atoms with Gasteiger partial charge in [0, 0.05) is 12.5 Å². The van der Waals surface area contributed by atoms with Gasteiger partial charge >= 0.3 is 0 Å². The molecule has 0 spiro atoms. The van der Waals surface area contributed by atoms with Crippen molar-refractivity contribution < 1.29 is 14.6 Å². The van der Waals surface area contributed by atoms with Crippen molar-refractivity contribution in [3.8, 4) is 5.75 Å². The average Bonchev–Trinajstić information content (AvgIpc) is 2.55. The first-order chi connectivity index (χ1) is 7.90. The van der Waals surface area contributed by atoms with Crippen LogP contribution in [0.25, 0.3) is 0 Å². The molecule has 0 aliphatic carbocycles. The van der Waals surface area contributed by atoms with Gasteiger partial charge in [0.25, 0.3) is 0 Å². The molecule has 1 heterocycles. The molecular weight excluding hydrogens is 220 g/mol. The number of carbonyl (C=O) groups is 1. The minimum atomic E-state index is -0.779. The highest BCUT2D eigenvalue weighted by atomic mass is 16.5. The Morgan fingerprint density at radius 3 is 2.41 bits per heavy atom. The van der Waals surface area contributed by atoms with Crippen LogP contribution in [0.5, 0.6) is 5.75 Å². The number of phenols is 1. The Bertz CT molecular complexity index is 477. The Morgan fingerprint density at radius 2 is 1.94 bits per heavy atom. The number of aromatic hydroxyl groups is 1. The molecule has 1 aromatic rings. The van der Waals surface area contributed by atoms with Crippen LogP contribution >= 0.6 is 0 Å². The molecule has 1 aromatic carbocycles. The average molecular weight is 234 g/mol. The summed E-state index contributed by atoms with van der Waals surface area (Å²) >= 11 is 0. The van der Waals surface area contributed by atoms with Gasteiger partial charge in [-0.1, -0.05) is 0 Å². The number of hydrogen-bond acceptors (Lipinski definition) is 4. The lowest BCUT2D eigenvalue weighted by Crippen LogP contribution is -2.41. The summed E-state index contributed by atoms with van der Waals surface area (Å²) in [5.41, 5.74) is -0.0568. The fraction of sp³-hybridized carbons (Fsp3) is 0.333. The van der Waals surface area contributed by atoms with Crippen LogP contribution in [0.3, 0.4) is 0 Å². The quantitative estimate of drug-likeness (QED) is 0.804. The summed E-state index contributed by atoms with van der Waals surface area (Å²) in [6.07, 6.45) is 0. The van der Waals surface area contributed by atoms with Gasteiger partial charge in [-0.15, -0.1) is 5.10 Å². The molecule has 0 saturated carbocycles. The Kier molecular flexibility index (Phi) is 2.53. The summed E-state index contributed by atoms with van der Waals surface area (Å²) in [6, 6.07) is 6.47. The van der Waals surface area contributed by atoms with E-state index in [1.807, 2.05) is 0 Å². The van der Waals surface area contributed by atoms with Crippen molar-refractivity contribution in [3.63, 3.8) is 0 Å². The molecule has 5 heteroatoms. The number of hydrogen-bond donors (Lipinski definition) is 1. The number of rotatable bonds is 1. The van der Waals surface area contributed by atoms with E-state index < -0.39 is 5.72 Å². The maximum Gasteiger partial charge on any atom is 0.243 e. The third-order valence-electron chi connectivity index (χ3n) is 2.46. The van der Waals surface area contributed by atoms with Gasteiger partial charge in [-0.3, -0.25) is 4.79 Å². The van der Waals surface area contributed by atoms with Crippen molar-refractivity contribution in [3.05, 3.63) is 29.8 Å². The zero-order chi connectivity index (χ0) is 12.6. The second kappa shape index (κ2) is 3.76. The van der Waals surface area contributed by atoms with Gasteiger partial charge < -0.3 is 9.84 Å². The third kappa shape index (κ3) is 2.08. The molecule has 1 aliphatic heterocycles. The van der Waals surface area contributed by atoms with Crippen molar-refractivity contribution in [2.45, 2.75) is 26.5 Å². The van der Waals surface area contributed by atoms with Crippen LogP contribution in [-0.2, 0) is 9.53 Å². The van der Waals surface area contributed by atoms with E-state index in [2.05, 4.69) is 5.10 Å². The molecule has 2 rings (SSSR count). The molecule has 0 saturated heterocycles. The van der Waals surface area contributed by atoms with Gasteiger partial charge in [0.1, 0.15) is 5.75 Å². The topological polar surface area (TPSA) is 62.1 Å². The predicted octanol–water partition coefficient (Wildman–Crippen LogP) is 1.67. The number of hydrazone groups is 1. The second-order valence-electron chi connectivity index (χ2n) is 4.33. The molecule has 1 N–H and O–H groups in total. The van der Waals surface area contributed by atoms with Gasteiger partial charge in [0.05, 0.1) is 0 Å². The zero-order valence-electron chi connectivity index (χ0n) is 9.97. The standard InChI is InChI=1S/C12H14N2O3/c1-8(15)14-12(2,3)17-11(13-14)9-4-6-10(16)7-5-9/h4-7,16H,1-3H3. The fourth-order valence-electron chi connectivity index (χ4n) is 1.68. The van der Waals surface area contributed by atoms with Crippen LogP contribution in [0, 0.1) is 0 Å². The molecule has 0 radical (unpaired) electrons. The van der Waals surface area contributed by atoms with Gasteiger partial charge in [0.2, 0.25) is 17.5 Å². The van der Waals surface area contributed by atoms with E-state index in [-0.39, 0.29) is 11.7 Å². The molecule has 90 valence electrons. The highest BCUT2D eigenvalue weighted by Gasteiger charge is 2.38. The summed E-state index contributed by atoms with van der Waals surface area (Å²) in [6.45, 7) is 4.98. The van der Waals surface area contributed by atoms with Crippen molar-refractivity contribution in [2.24, 2.45) is 5.10 Å². The maximum absolute atomic E-state index is 11.4. The smallest absolute Gasteiger partial charge is 0.243 e. The maximum atomic E-state index is 11.4. The minimum Gasteiger partial charge on any atom is -0.508 e. The highest BCUT2D eigenvalue weighted by Crippen LogP contribution is 2.26. The lowest BCUT2D eigenvalue weighted by atomic mass is 10.2. The van der Waals surface area contributed by atoms with Crippen LogP contribution in [0.2, 0.25) is 0 Å². The van der Waals surface area contributed by atoms with Gasteiger partial charge in [-0.2, -0.15) is 5.01 Å². The fourth-order valence-corrected chi connectivity index (χ4v) is 1.68. The number of amides is 1. The number of carbonyl (C=O) groups excluding carboxylic acids is 1. The van der Waals surface area contributed by atoms with E-state index in [1.54, 1.807) is 38.1 Å². The molecule has 0 atom stereocenters. The number of ether oxygens (including phenoxy) is 1. The SMILES string of the molecule is CC(=O)N1N=C(c2ccc(O)cc2)OC1(C)C. The van der Waals surface area contributed by atoms with Crippen molar-refractivity contribution in [1.29, 1.82) is 0 Å². The van der Waals surface area contributed by atoms with E-state index >= 15 is 0 Å². The summed E-state index contributed by atoms with van der Waals surface area (Å²) in [5, 5.41) is 14.6. The molecule has 0 bridgehead atoms. The lowest BCUT2D eigenvalue weighted by molar-refractivity contribution is -0.142. The van der Waals surface area contributed by atoms with Gasteiger partial charge in [-0.25, -0.2) is 0 Å². The van der Waals surface area contributed by atoms with E-state index in [9.17, 15) is 9.90 Å². The van der Waals surface area contributed by atoms with E-state index in [0.29, 0.717) is 5.90 Å². The molecule has 0 unspecified atom stereocenters. The van der Waals surface area contributed by atoms with E-state index in [4.69, 9.17) is 4.74 Å². The van der Waals surface area contributed by atoms with E-state index in [1.165, 1.54) is 11.9 Å². The zero-order valence-corrected chi connectivity index (χ0v) is 9.97. The van der Waals surface area contributed by atoms with Crippen LogP contribution in [0.1, 0.15) is 26.3 Å². The molecule has 1 aliphatic rings. The third-order valence-corrected chi connectivity index (χ3v) is 2.46. The van der Waals surface area contributed by atoms with Crippen molar-refractivity contribution >= 4 is 11.8 Å². The monoisotopic (exact) mass is 234 g/mol. The molecular formula is C12H14N2O3. The molecule has 1 amide bonds. The second-order valence-corrected chi connectivity index (χ2v) is 4.33. The summed E-state index contributed by atoms with van der Waals surface area (Å²) < 4.78 is 5.62. The van der Waals surface area contributed by atoms with Gasteiger partial charge in [0.15, 0.2) is 0 Å². The number of benzene rings is 1. The Hall–Kier alpha value is -2.04. The van der Waals surface area contributed by atoms with Crippen molar-refractivity contribution in [2.75, 3.05) is 0 Å². The van der Waals surface area contributed by atoms with E-state index in [0.717, 1.165) is 5.56 Å². The molecule has 0 fully saturated rings. The van der Waals surface area contributed by atoms with Gasteiger partial charge in [-0.05, 0) is 38.1 Å². The minimum absolute atomic E-state index is 0.176. The molecule has 17 heavy (non-hydrogen) atoms. The first-order valence-corrected chi connectivity index (χ1v) is 5.28. The molecule has 5 nitrogen and oxygen atoms in total. The Labute approximate surface area is 99.3 Å². The van der Waals surface area contributed by atoms with Crippen LogP contribution < -0.4 is 0 Å². The summed E-state index contributed by atoms with van der Waals surface area (Å²) in [5.74, 6) is 0.379. The van der Waals surface area contributed by atoms with Crippen LogP contribution in [0.4, 0.5) is 0 Å². The largest absolute Gasteiger partial charge is 0.508 e. The Morgan fingerprint density at radius 1 is 1.35 bits per heavy atom. The highest BCUT2D eigenvalue weighted by molar-refractivity contribution is 5.96.